The van der Waals surface area contributed by atoms with Gasteiger partial charge in [0.1, 0.15) is 17.5 Å². The fourth-order valence-electron chi connectivity index (χ4n) is 2.37. The van der Waals surface area contributed by atoms with Gasteiger partial charge in [-0.1, -0.05) is 11.8 Å². The summed E-state index contributed by atoms with van der Waals surface area (Å²) in [5, 5.41) is 11.0. The van der Waals surface area contributed by atoms with Crippen LogP contribution < -0.4 is 5.32 Å². The summed E-state index contributed by atoms with van der Waals surface area (Å²) in [4.78, 5) is 12.3. The molecule has 0 unspecified atom stereocenters. The van der Waals surface area contributed by atoms with E-state index >= 15 is 0 Å². The summed E-state index contributed by atoms with van der Waals surface area (Å²) in [6.45, 7) is 4.43. The third-order valence-electron chi connectivity index (χ3n) is 3.84. The monoisotopic (exact) mass is 352 g/mol. The Hall–Kier alpha value is -1.96. The minimum absolute atomic E-state index is 0.164. The van der Waals surface area contributed by atoms with E-state index in [1.54, 1.807) is 6.92 Å². The Balaban J connectivity index is 1.69. The Bertz CT molecular complexity index is 761. The van der Waals surface area contributed by atoms with Crippen LogP contribution in [0.1, 0.15) is 38.4 Å². The topological polar surface area (TPSA) is 59.8 Å². The van der Waals surface area contributed by atoms with Gasteiger partial charge in [-0.15, -0.1) is 10.2 Å². The number of carbonyl (C=O) groups is 1. The van der Waals surface area contributed by atoms with Gasteiger partial charge in [0.05, 0.1) is 10.9 Å². The first-order valence-corrected chi connectivity index (χ1v) is 8.73. The molecule has 128 valence electrons. The van der Waals surface area contributed by atoms with Gasteiger partial charge in [-0.2, -0.15) is 0 Å². The first-order valence-electron chi connectivity index (χ1n) is 7.85. The van der Waals surface area contributed by atoms with Gasteiger partial charge in [-0.25, -0.2) is 8.78 Å². The number of thioether (sulfide) groups is 1. The molecule has 3 rings (SSSR count). The van der Waals surface area contributed by atoms with Crippen molar-refractivity contribution in [1.29, 1.82) is 0 Å². The summed E-state index contributed by atoms with van der Waals surface area (Å²) in [5.74, 6) is -0.259. The first kappa shape index (κ1) is 16.9. The van der Waals surface area contributed by atoms with Crippen LogP contribution in [0.5, 0.6) is 0 Å². The number of hydrogen-bond donors (Lipinski definition) is 1. The molecule has 1 saturated carbocycles. The van der Waals surface area contributed by atoms with E-state index in [0.29, 0.717) is 11.1 Å². The van der Waals surface area contributed by atoms with Crippen molar-refractivity contribution < 1.29 is 13.6 Å². The van der Waals surface area contributed by atoms with Crippen LogP contribution in [-0.2, 0) is 11.3 Å². The van der Waals surface area contributed by atoms with E-state index in [4.69, 9.17) is 0 Å². The summed E-state index contributed by atoms with van der Waals surface area (Å²) in [7, 11) is 0. The van der Waals surface area contributed by atoms with Gasteiger partial charge in [0.15, 0.2) is 5.16 Å². The largest absolute Gasteiger partial charge is 0.323 e. The zero-order chi connectivity index (χ0) is 17.3. The molecule has 1 N–H and O–H groups in total. The van der Waals surface area contributed by atoms with Crippen LogP contribution in [0.3, 0.4) is 0 Å². The molecule has 1 aromatic carbocycles. The second-order valence-corrected chi connectivity index (χ2v) is 7.04. The molecule has 0 spiro atoms. The number of carbonyl (C=O) groups excluding carboxylic acids is 1. The maximum Gasteiger partial charge on any atom is 0.237 e. The molecule has 1 aliphatic carbocycles. The summed E-state index contributed by atoms with van der Waals surface area (Å²) in [6.07, 6.45) is 2.25. The molecule has 1 amide bonds. The fourth-order valence-corrected chi connectivity index (χ4v) is 3.29. The Morgan fingerprint density at radius 2 is 2.17 bits per heavy atom. The standard InChI is InChI=1S/C16H18F2N4OS/c1-3-22-14(10-4-5-10)20-21-16(22)24-9(2)15(23)19-13-8-11(17)6-7-12(13)18/h6-10H,3-5H2,1-2H3,(H,19,23)/t9-/m0/s1. The molecule has 24 heavy (non-hydrogen) atoms. The molecule has 1 fully saturated rings. The SMILES string of the molecule is CCn1c(S[C@@H](C)C(=O)Nc2cc(F)ccc2F)nnc1C1CC1. The van der Waals surface area contributed by atoms with Crippen molar-refractivity contribution in [2.75, 3.05) is 5.32 Å². The smallest absolute Gasteiger partial charge is 0.237 e. The zero-order valence-electron chi connectivity index (χ0n) is 13.4. The van der Waals surface area contributed by atoms with Gasteiger partial charge in [0.25, 0.3) is 0 Å². The van der Waals surface area contributed by atoms with Gasteiger partial charge >= 0.3 is 0 Å². The van der Waals surface area contributed by atoms with E-state index in [9.17, 15) is 13.6 Å². The normalized spacial score (nSPS) is 15.3. The number of hydrogen-bond acceptors (Lipinski definition) is 4. The van der Waals surface area contributed by atoms with E-state index in [1.165, 1.54) is 11.8 Å². The highest BCUT2D eigenvalue weighted by molar-refractivity contribution is 8.00. The lowest BCUT2D eigenvalue weighted by Crippen LogP contribution is -2.23. The molecule has 1 atom stereocenters. The maximum atomic E-state index is 13.6. The molecule has 0 saturated heterocycles. The summed E-state index contributed by atoms with van der Waals surface area (Å²) in [5.41, 5.74) is -0.164. The molecule has 2 aromatic rings. The Labute approximate surface area is 142 Å². The number of nitrogens with one attached hydrogen (secondary N) is 1. The molecule has 1 aromatic heterocycles. The molecule has 0 bridgehead atoms. The van der Waals surface area contributed by atoms with Gasteiger partial charge in [0, 0.05) is 18.5 Å². The van der Waals surface area contributed by atoms with Crippen LogP contribution in [0, 0.1) is 11.6 Å². The predicted molar refractivity (Wildman–Crippen MR) is 88.0 cm³/mol. The van der Waals surface area contributed by atoms with Crippen LogP contribution in [0.4, 0.5) is 14.5 Å². The average Bonchev–Trinajstić information content (AvgIpc) is 3.32. The van der Waals surface area contributed by atoms with Crippen molar-refractivity contribution in [3.63, 3.8) is 0 Å². The van der Waals surface area contributed by atoms with E-state index in [-0.39, 0.29) is 5.69 Å². The number of benzene rings is 1. The van der Waals surface area contributed by atoms with Gasteiger partial charge in [-0.3, -0.25) is 4.79 Å². The molecular weight excluding hydrogens is 334 g/mol. The Morgan fingerprint density at radius 1 is 1.42 bits per heavy atom. The maximum absolute atomic E-state index is 13.6. The lowest BCUT2D eigenvalue weighted by molar-refractivity contribution is -0.115. The second kappa shape index (κ2) is 6.88. The fraction of sp³-hybridized carbons (Fsp3) is 0.438. The van der Waals surface area contributed by atoms with Crippen molar-refractivity contribution in [2.24, 2.45) is 0 Å². The molecule has 1 heterocycles. The van der Waals surface area contributed by atoms with Crippen molar-refractivity contribution in [2.45, 2.75) is 49.6 Å². The van der Waals surface area contributed by atoms with Gasteiger partial charge < -0.3 is 9.88 Å². The number of aromatic nitrogens is 3. The van der Waals surface area contributed by atoms with Crippen molar-refractivity contribution in [3.05, 3.63) is 35.7 Å². The van der Waals surface area contributed by atoms with Gasteiger partial charge in [-0.05, 0) is 38.8 Å². The lowest BCUT2D eigenvalue weighted by Gasteiger charge is -2.13. The summed E-state index contributed by atoms with van der Waals surface area (Å²) in [6, 6.07) is 2.95. The molecular formula is C16H18F2N4OS. The molecule has 8 heteroatoms. The average molecular weight is 352 g/mol. The number of rotatable bonds is 6. The molecule has 5 nitrogen and oxygen atoms in total. The second-order valence-electron chi connectivity index (χ2n) is 5.73. The van der Waals surface area contributed by atoms with E-state index in [0.717, 1.165) is 43.4 Å². The Kier molecular flexibility index (Phi) is 4.84. The number of halogens is 2. The van der Waals surface area contributed by atoms with Crippen molar-refractivity contribution in [1.82, 2.24) is 14.8 Å². The predicted octanol–water partition coefficient (Wildman–Crippen LogP) is 3.57. The quantitative estimate of drug-likeness (QED) is 0.808. The van der Waals surface area contributed by atoms with Crippen LogP contribution in [-0.4, -0.2) is 25.9 Å². The van der Waals surface area contributed by atoms with Crippen LogP contribution in [0.2, 0.25) is 0 Å². The highest BCUT2D eigenvalue weighted by Crippen LogP contribution is 2.40. The minimum atomic E-state index is -0.672. The third-order valence-corrected chi connectivity index (χ3v) is 4.92. The molecule has 1 aliphatic rings. The highest BCUT2D eigenvalue weighted by atomic mass is 32.2. The van der Waals surface area contributed by atoms with E-state index in [2.05, 4.69) is 15.5 Å². The van der Waals surface area contributed by atoms with Crippen LogP contribution in [0.25, 0.3) is 0 Å². The highest BCUT2D eigenvalue weighted by Gasteiger charge is 2.30. The van der Waals surface area contributed by atoms with Gasteiger partial charge in [0.2, 0.25) is 5.91 Å². The van der Waals surface area contributed by atoms with E-state index < -0.39 is 22.8 Å². The third kappa shape index (κ3) is 3.58. The molecule has 0 aliphatic heterocycles. The molecule has 0 radical (unpaired) electrons. The lowest BCUT2D eigenvalue weighted by atomic mass is 10.3. The van der Waals surface area contributed by atoms with Crippen LogP contribution in [0.15, 0.2) is 23.4 Å². The van der Waals surface area contributed by atoms with E-state index in [1.807, 2.05) is 11.5 Å². The minimum Gasteiger partial charge on any atom is -0.323 e. The number of nitrogens with zero attached hydrogens (tertiary/aromatic N) is 3. The first-order chi connectivity index (χ1) is 11.5. The zero-order valence-corrected chi connectivity index (χ0v) is 14.2. The summed E-state index contributed by atoms with van der Waals surface area (Å²) >= 11 is 1.26. The Morgan fingerprint density at radius 3 is 2.83 bits per heavy atom. The van der Waals surface area contributed by atoms with Crippen LogP contribution >= 0.6 is 11.8 Å². The van der Waals surface area contributed by atoms with Crippen molar-refractivity contribution >= 4 is 23.4 Å². The number of amides is 1. The summed E-state index contributed by atoms with van der Waals surface area (Å²) < 4.78 is 28.8. The van der Waals surface area contributed by atoms with Crippen molar-refractivity contribution in [3.8, 4) is 0 Å². The number of anilines is 1.